The van der Waals surface area contributed by atoms with Gasteiger partial charge in [-0.3, -0.25) is 0 Å². The maximum atomic E-state index is 4.05. The summed E-state index contributed by atoms with van der Waals surface area (Å²) in [6.07, 6.45) is 5.38. The summed E-state index contributed by atoms with van der Waals surface area (Å²) in [7, 11) is 0. The molecule has 1 heteroatoms. The van der Waals surface area contributed by atoms with Gasteiger partial charge in [0, 0.05) is 0 Å². The fourth-order valence-electron chi connectivity index (χ4n) is 1.86. The van der Waals surface area contributed by atoms with Gasteiger partial charge in [0.05, 0.1) is 0 Å². The molecule has 0 N–H and O–H groups in total. The van der Waals surface area contributed by atoms with Crippen LogP contribution in [0.1, 0.15) is 27.7 Å². The SMILES string of the molecule is C=CP(CC)(CC)(CC)CC. The molecule has 0 atom stereocenters. The Morgan fingerprint density at radius 2 is 1.18 bits per heavy atom. The number of hydrogen-bond acceptors (Lipinski definition) is 0. The van der Waals surface area contributed by atoms with E-state index in [4.69, 9.17) is 0 Å². The van der Waals surface area contributed by atoms with Crippen LogP contribution in [0.4, 0.5) is 0 Å². The van der Waals surface area contributed by atoms with Crippen LogP contribution in [-0.4, -0.2) is 24.6 Å². The topological polar surface area (TPSA) is 0 Å². The Balaban J connectivity index is 4.82. The average molecular weight is 174 g/mol. The van der Waals surface area contributed by atoms with Crippen LogP contribution in [0.5, 0.6) is 0 Å². The fourth-order valence-corrected chi connectivity index (χ4v) is 5.57. The summed E-state index contributed by atoms with van der Waals surface area (Å²) in [5.41, 5.74) is 0. The molecule has 68 valence electrons. The predicted molar refractivity (Wildman–Crippen MR) is 59.3 cm³/mol. The van der Waals surface area contributed by atoms with Gasteiger partial charge in [-0.1, -0.05) is 0 Å². The van der Waals surface area contributed by atoms with Crippen LogP contribution >= 0.6 is 6.60 Å². The third kappa shape index (κ3) is 1.67. The van der Waals surface area contributed by atoms with Crippen molar-refractivity contribution in [3.63, 3.8) is 0 Å². The zero-order valence-corrected chi connectivity index (χ0v) is 9.45. The summed E-state index contributed by atoms with van der Waals surface area (Å²) in [6, 6.07) is 0. The van der Waals surface area contributed by atoms with Crippen LogP contribution in [0.2, 0.25) is 0 Å². The summed E-state index contributed by atoms with van der Waals surface area (Å²) in [5, 5.41) is 0. The first kappa shape index (κ1) is 11.2. The zero-order chi connectivity index (χ0) is 8.98. The fraction of sp³-hybridized carbons (Fsp3) is 0.800. The standard InChI is InChI=1S/C10H23P/c1-6-11(7-2,8-3,9-4)10-5/h6H,1,7-10H2,2-5H3. The summed E-state index contributed by atoms with van der Waals surface area (Å²) in [6.45, 7) is 12.0. The van der Waals surface area contributed by atoms with Gasteiger partial charge in [0.15, 0.2) is 0 Å². The van der Waals surface area contributed by atoms with Gasteiger partial charge in [-0.25, -0.2) is 0 Å². The van der Waals surface area contributed by atoms with Crippen molar-refractivity contribution in [2.45, 2.75) is 27.7 Å². The van der Waals surface area contributed by atoms with Crippen molar-refractivity contribution in [2.24, 2.45) is 0 Å². The first-order valence-corrected chi connectivity index (χ1v) is 7.81. The third-order valence-electron chi connectivity index (χ3n) is 3.93. The summed E-state index contributed by atoms with van der Waals surface area (Å²) < 4.78 is 0. The predicted octanol–water partition coefficient (Wildman–Crippen LogP) is 3.76. The average Bonchev–Trinajstić information content (AvgIpc) is 2.12. The summed E-state index contributed by atoms with van der Waals surface area (Å²) in [5.74, 6) is 2.31. The van der Waals surface area contributed by atoms with Crippen LogP contribution in [0.3, 0.4) is 0 Å². The second-order valence-electron chi connectivity index (χ2n) is 3.52. The molecule has 0 radical (unpaired) electrons. The van der Waals surface area contributed by atoms with Gasteiger partial charge in [0.25, 0.3) is 0 Å². The molecular formula is C10H23P. The van der Waals surface area contributed by atoms with Crippen LogP contribution in [-0.2, 0) is 0 Å². The van der Waals surface area contributed by atoms with Crippen molar-refractivity contribution < 1.29 is 0 Å². The number of hydrogen-bond donors (Lipinski definition) is 0. The van der Waals surface area contributed by atoms with Gasteiger partial charge >= 0.3 is 71.3 Å². The van der Waals surface area contributed by atoms with Gasteiger partial charge in [-0.15, -0.1) is 0 Å². The van der Waals surface area contributed by atoms with E-state index in [9.17, 15) is 0 Å². The second kappa shape index (κ2) is 3.72. The first-order valence-electron chi connectivity index (χ1n) is 4.76. The van der Waals surface area contributed by atoms with Crippen molar-refractivity contribution in [2.75, 3.05) is 24.6 Å². The van der Waals surface area contributed by atoms with Crippen molar-refractivity contribution in [3.05, 3.63) is 12.4 Å². The molecular weight excluding hydrogens is 151 g/mol. The molecule has 0 rings (SSSR count). The van der Waals surface area contributed by atoms with E-state index in [-0.39, 0.29) is 0 Å². The minimum atomic E-state index is -1.41. The van der Waals surface area contributed by atoms with E-state index < -0.39 is 6.60 Å². The Morgan fingerprint density at radius 3 is 1.18 bits per heavy atom. The Bertz CT molecular complexity index is 110. The minimum absolute atomic E-state index is 1.35. The molecule has 0 aliphatic carbocycles. The maximum absolute atomic E-state index is 4.05. The molecule has 0 amide bonds. The molecule has 0 aromatic carbocycles. The quantitative estimate of drug-likeness (QED) is 0.557. The third-order valence-corrected chi connectivity index (χ3v) is 11.8. The Labute approximate surface area is 72.0 Å². The molecule has 0 aliphatic rings. The molecule has 0 saturated heterocycles. The van der Waals surface area contributed by atoms with Gasteiger partial charge in [-0.2, -0.15) is 0 Å². The van der Waals surface area contributed by atoms with Crippen molar-refractivity contribution in [1.29, 1.82) is 0 Å². The molecule has 0 bridgehead atoms. The zero-order valence-electron chi connectivity index (χ0n) is 8.56. The van der Waals surface area contributed by atoms with Crippen molar-refractivity contribution in [1.82, 2.24) is 0 Å². The van der Waals surface area contributed by atoms with Crippen molar-refractivity contribution >= 4 is 6.60 Å². The molecule has 11 heavy (non-hydrogen) atoms. The summed E-state index contributed by atoms with van der Waals surface area (Å²) in [4.78, 5) is 0. The van der Waals surface area contributed by atoms with Gasteiger partial charge in [-0.05, 0) is 0 Å². The number of rotatable bonds is 5. The monoisotopic (exact) mass is 174 g/mol. The Morgan fingerprint density at radius 1 is 0.909 bits per heavy atom. The van der Waals surface area contributed by atoms with Crippen LogP contribution in [0.15, 0.2) is 12.4 Å². The molecule has 0 nitrogen and oxygen atoms in total. The van der Waals surface area contributed by atoms with E-state index in [0.29, 0.717) is 0 Å². The van der Waals surface area contributed by atoms with E-state index in [1.165, 1.54) is 24.6 Å². The molecule has 0 unspecified atom stereocenters. The van der Waals surface area contributed by atoms with E-state index in [1.807, 2.05) is 0 Å². The van der Waals surface area contributed by atoms with Gasteiger partial charge < -0.3 is 0 Å². The van der Waals surface area contributed by atoms with Gasteiger partial charge in [0.2, 0.25) is 0 Å². The molecule has 0 heterocycles. The van der Waals surface area contributed by atoms with E-state index in [1.54, 1.807) is 0 Å². The molecule has 0 aromatic heterocycles. The molecule has 0 aliphatic heterocycles. The normalized spacial score (nSPS) is 15.5. The second-order valence-corrected chi connectivity index (χ2v) is 10.6. The Kier molecular flexibility index (Phi) is 3.77. The molecule has 0 spiro atoms. The summed E-state index contributed by atoms with van der Waals surface area (Å²) >= 11 is 0. The van der Waals surface area contributed by atoms with Crippen LogP contribution in [0.25, 0.3) is 0 Å². The molecule has 0 fully saturated rings. The van der Waals surface area contributed by atoms with E-state index in [2.05, 4.69) is 40.1 Å². The molecule has 0 saturated carbocycles. The van der Waals surface area contributed by atoms with Crippen molar-refractivity contribution in [3.8, 4) is 0 Å². The van der Waals surface area contributed by atoms with Crippen LogP contribution < -0.4 is 0 Å². The van der Waals surface area contributed by atoms with Gasteiger partial charge in [0.1, 0.15) is 0 Å². The van der Waals surface area contributed by atoms with Crippen LogP contribution in [0, 0.1) is 0 Å². The molecule has 0 aromatic rings. The Hall–Kier alpha value is 0.170. The van der Waals surface area contributed by atoms with E-state index in [0.717, 1.165) is 0 Å². The first-order chi connectivity index (χ1) is 5.12. The van der Waals surface area contributed by atoms with E-state index >= 15 is 0 Å².